The van der Waals surface area contributed by atoms with E-state index < -0.39 is 17.2 Å². The van der Waals surface area contributed by atoms with Gasteiger partial charge >= 0.3 is 11.7 Å². The highest BCUT2D eigenvalue weighted by Gasteiger charge is 2.16. The molecule has 24 heavy (non-hydrogen) atoms. The van der Waals surface area contributed by atoms with Gasteiger partial charge in [-0.1, -0.05) is 16.8 Å². The number of oxime groups is 1. The molecule has 1 aromatic heterocycles. The third kappa shape index (κ3) is 3.46. The zero-order chi connectivity index (χ0) is 18.0. The highest BCUT2D eigenvalue weighted by molar-refractivity contribution is 6.33. The van der Waals surface area contributed by atoms with Crippen molar-refractivity contribution in [1.29, 1.82) is 0 Å². The summed E-state index contributed by atoms with van der Waals surface area (Å²) in [5.41, 5.74) is 0.286. The zero-order valence-corrected chi connectivity index (χ0v) is 14.4. The molecule has 0 amide bonds. The largest absolute Gasteiger partial charge is 0.367 e. The molecule has 0 radical (unpaired) electrons. The average molecular weight is 350 g/mol. The van der Waals surface area contributed by atoms with Crippen LogP contribution in [0.4, 0.5) is 0 Å². The molecule has 1 aromatic carbocycles. The van der Waals surface area contributed by atoms with E-state index in [1.54, 1.807) is 27.8 Å². The lowest BCUT2D eigenvalue weighted by Crippen LogP contribution is -2.38. The maximum Gasteiger partial charge on any atom is 0.367 e. The van der Waals surface area contributed by atoms with Crippen molar-refractivity contribution >= 4 is 23.3 Å². The van der Waals surface area contributed by atoms with Gasteiger partial charge in [0.2, 0.25) is 0 Å². The number of nitrogens with zero attached hydrogens (tertiary/aromatic N) is 3. The first kappa shape index (κ1) is 17.7. The quantitative estimate of drug-likeness (QED) is 0.482. The first-order chi connectivity index (χ1) is 11.2. The number of carbonyl (C=O) groups is 1. The van der Waals surface area contributed by atoms with Crippen molar-refractivity contribution in [3.8, 4) is 5.69 Å². The molecule has 0 atom stereocenters. The molecule has 126 valence electrons. The summed E-state index contributed by atoms with van der Waals surface area (Å²) in [4.78, 5) is 41.3. The SMILES string of the molecule is CC(C)=NOC(=O)c1cc(-n2c(=O)cc(C)n(C)c2=O)ccc1Cl. The van der Waals surface area contributed by atoms with E-state index in [-0.39, 0.29) is 16.3 Å². The maximum atomic E-state index is 12.3. The Labute approximate surface area is 142 Å². The molecular weight excluding hydrogens is 334 g/mol. The lowest BCUT2D eigenvalue weighted by atomic mass is 10.2. The summed E-state index contributed by atoms with van der Waals surface area (Å²) in [6, 6.07) is 5.55. The van der Waals surface area contributed by atoms with Gasteiger partial charge in [0, 0.05) is 18.8 Å². The van der Waals surface area contributed by atoms with Crippen molar-refractivity contribution in [3.05, 3.63) is 61.4 Å². The fraction of sp³-hybridized carbons (Fsp3) is 0.250. The standard InChI is InChI=1S/C16H16ClN3O4/c1-9(2)18-24-15(22)12-8-11(5-6-13(12)17)20-14(21)7-10(3)19(4)16(20)23/h5-8H,1-4H3. The molecule has 0 saturated heterocycles. The molecule has 7 nitrogen and oxygen atoms in total. The molecule has 2 aromatic rings. The Morgan fingerprint density at radius 1 is 1.21 bits per heavy atom. The van der Waals surface area contributed by atoms with Crippen LogP contribution < -0.4 is 11.2 Å². The minimum atomic E-state index is -0.778. The monoisotopic (exact) mass is 349 g/mol. The minimum Gasteiger partial charge on any atom is -0.313 e. The summed E-state index contributed by atoms with van der Waals surface area (Å²) in [5, 5.41) is 3.71. The summed E-state index contributed by atoms with van der Waals surface area (Å²) >= 11 is 6.01. The Bertz CT molecular complexity index is 953. The van der Waals surface area contributed by atoms with E-state index in [1.165, 1.54) is 28.8 Å². The van der Waals surface area contributed by atoms with Crippen molar-refractivity contribution in [1.82, 2.24) is 9.13 Å². The van der Waals surface area contributed by atoms with E-state index in [0.29, 0.717) is 11.4 Å². The van der Waals surface area contributed by atoms with Crippen molar-refractivity contribution in [3.63, 3.8) is 0 Å². The van der Waals surface area contributed by atoms with Gasteiger partial charge in [-0.25, -0.2) is 14.2 Å². The van der Waals surface area contributed by atoms with E-state index in [2.05, 4.69) is 5.16 Å². The summed E-state index contributed by atoms with van der Waals surface area (Å²) < 4.78 is 2.28. The molecule has 1 heterocycles. The van der Waals surface area contributed by atoms with Gasteiger partial charge < -0.3 is 9.40 Å². The predicted molar refractivity (Wildman–Crippen MR) is 91.2 cm³/mol. The van der Waals surface area contributed by atoms with Crippen molar-refractivity contribution in [2.24, 2.45) is 12.2 Å². The molecule has 0 aliphatic heterocycles. The van der Waals surface area contributed by atoms with Crippen LogP contribution in [0.2, 0.25) is 5.02 Å². The third-order valence-corrected chi connectivity index (χ3v) is 3.63. The number of aryl methyl sites for hydroxylation is 1. The van der Waals surface area contributed by atoms with E-state index in [4.69, 9.17) is 16.4 Å². The Morgan fingerprint density at radius 3 is 2.50 bits per heavy atom. The lowest BCUT2D eigenvalue weighted by Gasteiger charge is -2.10. The Morgan fingerprint density at radius 2 is 1.88 bits per heavy atom. The molecule has 8 heteroatoms. The van der Waals surface area contributed by atoms with Gasteiger partial charge in [0.15, 0.2) is 0 Å². The molecule has 0 N–H and O–H groups in total. The predicted octanol–water partition coefficient (Wildman–Crippen LogP) is 2.05. The van der Waals surface area contributed by atoms with Gasteiger partial charge in [-0.3, -0.25) is 4.79 Å². The molecule has 2 rings (SSSR count). The Balaban J connectivity index is 2.60. The van der Waals surface area contributed by atoms with Crippen LogP contribution in [0.1, 0.15) is 29.9 Å². The molecular formula is C16H16ClN3O4. The molecule has 0 unspecified atom stereocenters. The van der Waals surface area contributed by atoms with Gasteiger partial charge in [0.1, 0.15) is 0 Å². The average Bonchev–Trinajstić information content (AvgIpc) is 2.52. The fourth-order valence-corrected chi connectivity index (χ4v) is 2.16. The molecule has 0 bridgehead atoms. The molecule has 0 spiro atoms. The first-order valence-corrected chi connectivity index (χ1v) is 7.42. The summed E-state index contributed by atoms with van der Waals surface area (Å²) in [7, 11) is 1.55. The van der Waals surface area contributed by atoms with Crippen molar-refractivity contribution < 1.29 is 9.63 Å². The molecule has 0 aliphatic rings. The Hall–Kier alpha value is -2.67. The van der Waals surface area contributed by atoms with E-state index >= 15 is 0 Å². The number of aromatic nitrogens is 2. The van der Waals surface area contributed by atoms with Gasteiger partial charge in [-0.2, -0.15) is 0 Å². The Kier molecular flexibility index (Phi) is 5.04. The second kappa shape index (κ2) is 6.84. The fourth-order valence-electron chi connectivity index (χ4n) is 1.96. The van der Waals surface area contributed by atoms with Crippen molar-refractivity contribution in [2.45, 2.75) is 20.8 Å². The smallest absolute Gasteiger partial charge is 0.313 e. The van der Waals surface area contributed by atoms with Crippen LogP contribution in [0.3, 0.4) is 0 Å². The summed E-state index contributed by atoms with van der Waals surface area (Å²) in [5.74, 6) is -0.778. The van der Waals surface area contributed by atoms with Crippen LogP contribution in [-0.4, -0.2) is 20.8 Å². The van der Waals surface area contributed by atoms with Gasteiger partial charge in [0.05, 0.1) is 22.0 Å². The minimum absolute atomic E-state index is 0.00805. The molecule has 0 fully saturated rings. The van der Waals surface area contributed by atoms with Gasteiger partial charge in [0.25, 0.3) is 5.56 Å². The molecule has 0 saturated carbocycles. The number of carbonyl (C=O) groups excluding carboxylic acids is 1. The highest BCUT2D eigenvalue weighted by Crippen LogP contribution is 2.20. The topological polar surface area (TPSA) is 82.7 Å². The second-order valence-corrected chi connectivity index (χ2v) is 5.79. The van der Waals surface area contributed by atoms with Crippen LogP contribution in [0.5, 0.6) is 0 Å². The van der Waals surface area contributed by atoms with Crippen LogP contribution >= 0.6 is 11.6 Å². The number of halogens is 1. The van der Waals surface area contributed by atoms with Crippen LogP contribution in [0, 0.1) is 6.92 Å². The summed E-state index contributed by atoms with van der Waals surface area (Å²) in [6.45, 7) is 4.99. The second-order valence-electron chi connectivity index (χ2n) is 5.38. The third-order valence-electron chi connectivity index (χ3n) is 3.30. The number of benzene rings is 1. The lowest BCUT2D eigenvalue weighted by molar-refractivity contribution is 0.0516. The first-order valence-electron chi connectivity index (χ1n) is 7.04. The number of hydrogen-bond acceptors (Lipinski definition) is 5. The van der Waals surface area contributed by atoms with Crippen molar-refractivity contribution in [2.75, 3.05) is 0 Å². The highest BCUT2D eigenvalue weighted by atomic mass is 35.5. The number of hydrogen-bond donors (Lipinski definition) is 0. The maximum absolute atomic E-state index is 12.3. The van der Waals surface area contributed by atoms with Crippen LogP contribution in [0.25, 0.3) is 5.69 Å². The number of rotatable bonds is 3. The molecule has 0 aliphatic carbocycles. The van der Waals surface area contributed by atoms with E-state index in [1.807, 2.05) is 0 Å². The summed E-state index contributed by atoms with van der Waals surface area (Å²) in [6.07, 6.45) is 0. The normalized spacial score (nSPS) is 10.4. The van der Waals surface area contributed by atoms with E-state index in [0.717, 1.165) is 4.57 Å². The van der Waals surface area contributed by atoms with Crippen LogP contribution in [0.15, 0.2) is 39.0 Å². The van der Waals surface area contributed by atoms with E-state index in [9.17, 15) is 14.4 Å². The van der Waals surface area contributed by atoms with Crippen LogP contribution in [-0.2, 0) is 11.9 Å². The zero-order valence-electron chi connectivity index (χ0n) is 13.7. The van der Waals surface area contributed by atoms with Gasteiger partial charge in [-0.15, -0.1) is 0 Å². The van der Waals surface area contributed by atoms with Gasteiger partial charge in [-0.05, 0) is 39.0 Å².